The molecule has 0 aromatic carbocycles. The van der Waals surface area contributed by atoms with Crippen molar-refractivity contribution in [3.63, 3.8) is 0 Å². The summed E-state index contributed by atoms with van der Waals surface area (Å²) in [7, 11) is 3.47. The summed E-state index contributed by atoms with van der Waals surface area (Å²) in [5.41, 5.74) is -1.74. The molecule has 0 radical (unpaired) electrons. The van der Waals surface area contributed by atoms with Gasteiger partial charge in [0.25, 0.3) is 0 Å². The van der Waals surface area contributed by atoms with Gasteiger partial charge in [0.05, 0.1) is 62.0 Å². The second-order valence-corrected chi connectivity index (χ2v) is 11.1. The van der Waals surface area contributed by atoms with Gasteiger partial charge in [-0.3, -0.25) is 9.80 Å². The van der Waals surface area contributed by atoms with E-state index in [0.29, 0.717) is 39.6 Å². The molecule has 0 amide bonds. The second-order valence-electron chi connectivity index (χ2n) is 11.1. The highest BCUT2D eigenvalue weighted by Crippen LogP contribution is 2.30. The lowest BCUT2D eigenvalue weighted by atomic mass is 9.89. The zero-order chi connectivity index (χ0) is 25.9. The second kappa shape index (κ2) is 14.4. The highest BCUT2D eigenvalue weighted by atomic mass is 16.6. The van der Waals surface area contributed by atoms with Gasteiger partial charge in [0.15, 0.2) is 0 Å². The van der Waals surface area contributed by atoms with Crippen LogP contribution in [0.15, 0.2) is 0 Å². The lowest BCUT2D eigenvalue weighted by Crippen LogP contribution is -2.52. The molecule has 1 saturated heterocycles. The van der Waals surface area contributed by atoms with Crippen LogP contribution in [0.5, 0.6) is 0 Å². The average molecular weight is 491 g/mol. The van der Waals surface area contributed by atoms with Crippen molar-refractivity contribution in [2.75, 3.05) is 93.1 Å². The summed E-state index contributed by atoms with van der Waals surface area (Å²) >= 11 is 0. The molecule has 34 heavy (non-hydrogen) atoms. The van der Waals surface area contributed by atoms with E-state index in [1.165, 1.54) is 0 Å². The topological polar surface area (TPSA) is 61.9 Å². The fraction of sp³-hybridized carbons (Fsp3) is 1.00. The lowest BCUT2D eigenvalue weighted by Gasteiger charge is -2.43. The predicted octanol–water partition coefficient (Wildman–Crippen LogP) is 3.08. The first-order valence-corrected chi connectivity index (χ1v) is 12.8. The molecule has 0 bridgehead atoms. The SMILES string of the molecule is COCCN1CCOC(C)(C)C(C)(C)OCCN(CCOC)CCOC(C)(C)C(C)(C)OCC1. The lowest BCUT2D eigenvalue weighted by molar-refractivity contribution is -0.188. The summed E-state index contributed by atoms with van der Waals surface area (Å²) in [6.45, 7) is 25.5. The molecule has 0 aromatic heterocycles. The summed E-state index contributed by atoms with van der Waals surface area (Å²) in [5, 5.41) is 0. The molecule has 0 spiro atoms. The van der Waals surface area contributed by atoms with Gasteiger partial charge in [-0.1, -0.05) is 0 Å². The fourth-order valence-corrected chi connectivity index (χ4v) is 3.53. The van der Waals surface area contributed by atoms with Crippen molar-refractivity contribution in [2.24, 2.45) is 0 Å². The molecule has 1 fully saturated rings. The van der Waals surface area contributed by atoms with E-state index in [1.807, 2.05) is 0 Å². The van der Waals surface area contributed by atoms with Crippen LogP contribution >= 0.6 is 0 Å². The minimum absolute atomic E-state index is 0.436. The summed E-state index contributed by atoms with van der Waals surface area (Å²) in [4.78, 5) is 4.66. The zero-order valence-electron chi connectivity index (χ0n) is 23.8. The monoisotopic (exact) mass is 490 g/mol. The first-order chi connectivity index (χ1) is 15.8. The Morgan fingerprint density at radius 2 is 0.735 bits per heavy atom. The first-order valence-electron chi connectivity index (χ1n) is 12.8. The number of nitrogens with zero attached hydrogens (tertiary/aromatic N) is 2. The van der Waals surface area contributed by atoms with Crippen LogP contribution in [0.4, 0.5) is 0 Å². The molecular formula is C26H54N2O6. The van der Waals surface area contributed by atoms with Gasteiger partial charge < -0.3 is 28.4 Å². The molecule has 8 nitrogen and oxygen atoms in total. The molecule has 1 rings (SSSR count). The third-order valence-electron chi connectivity index (χ3n) is 7.60. The van der Waals surface area contributed by atoms with Gasteiger partial charge in [-0.25, -0.2) is 0 Å². The largest absolute Gasteiger partial charge is 0.383 e. The number of ether oxygens (including phenoxy) is 6. The number of hydrogen-bond acceptors (Lipinski definition) is 8. The zero-order valence-corrected chi connectivity index (χ0v) is 23.8. The van der Waals surface area contributed by atoms with Gasteiger partial charge in [0.2, 0.25) is 0 Å². The van der Waals surface area contributed by atoms with Crippen molar-refractivity contribution < 1.29 is 28.4 Å². The number of hydrogen-bond donors (Lipinski definition) is 0. The average Bonchev–Trinajstić information content (AvgIpc) is 2.73. The highest BCUT2D eigenvalue weighted by Gasteiger charge is 2.40. The third-order valence-corrected chi connectivity index (χ3v) is 7.60. The standard InChI is InChI=1S/C26H54N2O6/c1-23(2)24(3,4)32-20-14-28(12-18-30-10)16-22-34-26(7,8)25(5,6)33-21-15-27(11-17-29-9)13-19-31-23/h11-22H2,1-10H3. The van der Waals surface area contributed by atoms with E-state index in [0.717, 1.165) is 39.3 Å². The molecule has 0 unspecified atom stereocenters. The van der Waals surface area contributed by atoms with Crippen LogP contribution in [0.1, 0.15) is 55.4 Å². The Labute approximate surface area is 209 Å². The van der Waals surface area contributed by atoms with Crippen molar-refractivity contribution in [1.29, 1.82) is 0 Å². The molecule has 0 aliphatic carbocycles. The fourth-order valence-electron chi connectivity index (χ4n) is 3.53. The van der Waals surface area contributed by atoms with Crippen LogP contribution in [0.2, 0.25) is 0 Å². The molecule has 1 aliphatic rings. The third kappa shape index (κ3) is 10.3. The van der Waals surface area contributed by atoms with Gasteiger partial charge >= 0.3 is 0 Å². The molecule has 204 valence electrons. The molecule has 1 heterocycles. The van der Waals surface area contributed by atoms with E-state index in [4.69, 9.17) is 28.4 Å². The summed E-state index contributed by atoms with van der Waals surface area (Å²) in [6.07, 6.45) is 0. The molecular weight excluding hydrogens is 436 g/mol. The maximum Gasteiger partial charge on any atom is 0.0910 e. The van der Waals surface area contributed by atoms with Crippen molar-refractivity contribution >= 4 is 0 Å². The summed E-state index contributed by atoms with van der Waals surface area (Å²) < 4.78 is 36.1. The van der Waals surface area contributed by atoms with E-state index < -0.39 is 22.4 Å². The van der Waals surface area contributed by atoms with Crippen LogP contribution < -0.4 is 0 Å². The van der Waals surface area contributed by atoms with Crippen molar-refractivity contribution in [1.82, 2.24) is 9.80 Å². The van der Waals surface area contributed by atoms with E-state index in [-0.39, 0.29) is 0 Å². The Kier molecular flexibility index (Phi) is 13.5. The summed E-state index contributed by atoms with van der Waals surface area (Å²) in [5.74, 6) is 0. The van der Waals surface area contributed by atoms with Crippen LogP contribution in [0, 0.1) is 0 Å². The summed E-state index contributed by atoms with van der Waals surface area (Å²) in [6, 6.07) is 0. The molecule has 0 saturated carbocycles. The number of rotatable bonds is 6. The Balaban J connectivity index is 2.97. The van der Waals surface area contributed by atoms with Crippen LogP contribution in [0.25, 0.3) is 0 Å². The molecule has 8 heteroatoms. The van der Waals surface area contributed by atoms with Crippen molar-refractivity contribution in [2.45, 2.75) is 77.8 Å². The maximum atomic E-state index is 6.36. The molecule has 1 aliphatic heterocycles. The van der Waals surface area contributed by atoms with Crippen molar-refractivity contribution in [3.05, 3.63) is 0 Å². The normalized spacial score (nSPS) is 25.9. The Hall–Kier alpha value is -0.320. The molecule has 0 N–H and O–H groups in total. The van der Waals surface area contributed by atoms with E-state index in [9.17, 15) is 0 Å². The van der Waals surface area contributed by atoms with Crippen LogP contribution in [-0.4, -0.2) is 125 Å². The van der Waals surface area contributed by atoms with Gasteiger partial charge in [0.1, 0.15) is 0 Å². The van der Waals surface area contributed by atoms with Crippen LogP contribution in [0.3, 0.4) is 0 Å². The van der Waals surface area contributed by atoms with Gasteiger partial charge in [-0.2, -0.15) is 0 Å². The highest BCUT2D eigenvalue weighted by molar-refractivity contribution is 4.91. The van der Waals surface area contributed by atoms with Crippen LogP contribution in [-0.2, 0) is 28.4 Å². The molecule has 0 atom stereocenters. The minimum atomic E-state index is -0.436. The van der Waals surface area contributed by atoms with E-state index in [2.05, 4.69) is 65.2 Å². The predicted molar refractivity (Wildman–Crippen MR) is 137 cm³/mol. The Bertz CT molecular complexity index is 465. The van der Waals surface area contributed by atoms with E-state index >= 15 is 0 Å². The van der Waals surface area contributed by atoms with Gasteiger partial charge in [-0.15, -0.1) is 0 Å². The Morgan fingerprint density at radius 1 is 0.500 bits per heavy atom. The first kappa shape index (κ1) is 31.7. The number of methoxy groups -OCH3 is 2. The van der Waals surface area contributed by atoms with E-state index in [1.54, 1.807) is 14.2 Å². The van der Waals surface area contributed by atoms with Gasteiger partial charge in [0, 0.05) is 53.5 Å². The smallest absolute Gasteiger partial charge is 0.0910 e. The van der Waals surface area contributed by atoms with Gasteiger partial charge in [-0.05, 0) is 55.4 Å². The maximum absolute atomic E-state index is 6.36. The molecule has 0 aromatic rings. The minimum Gasteiger partial charge on any atom is -0.383 e. The Morgan fingerprint density at radius 3 is 0.941 bits per heavy atom. The van der Waals surface area contributed by atoms with Crippen molar-refractivity contribution in [3.8, 4) is 0 Å². The quantitative estimate of drug-likeness (QED) is 0.563.